The van der Waals surface area contributed by atoms with Crippen molar-refractivity contribution in [2.45, 2.75) is 25.6 Å². The van der Waals surface area contributed by atoms with Crippen LogP contribution in [0.25, 0.3) is 11.1 Å². The molecule has 0 radical (unpaired) electrons. The smallest absolute Gasteiger partial charge is 0.237 e. The van der Waals surface area contributed by atoms with Crippen LogP contribution in [-0.2, 0) is 29.7 Å². The Morgan fingerprint density at radius 1 is 1.09 bits per heavy atom. The molecule has 2 amide bonds. The van der Waals surface area contributed by atoms with E-state index in [-0.39, 0.29) is 18.2 Å². The lowest BCUT2D eigenvalue weighted by Crippen LogP contribution is -2.56. The zero-order chi connectivity index (χ0) is 22.5. The predicted octanol–water partition coefficient (Wildman–Crippen LogP) is 2.44. The molecule has 1 atom stereocenters. The lowest BCUT2D eigenvalue weighted by Gasteiger charge is -2.35. The minimum Gasteiger partial charge on any atom is -0.353 e. The topological polar surface area (TPSA) is 70.5 Å². The number of rotatable bonds is 7. The third-order valence-electron chi connectivity index (χ3n) is 5.86. The molecule has 1 N–H and O–H groups in total. The van der Waals surface area contributed by atoms with Crippen LogP contribution in [0.4, 0.5) is 0 Å². The van der Waals surface area contributed by atoms with Gasteiger partial charge in [-0.1, -0.05) is 54.6 Å². The number of nitrogens with one attached hydrogen (secondary N) is 1. The molecule has 0 saturated carbocycles. The van der Waals surface area contributed by atoms with E-state index >= 15 is 0 Å². The minimum absolute atomic E-state index is 0.0553. The highest BCUT2D eigenvalue weighted by atomic mass is 16.2. The summed E-state index contributed by atoms with van der Waals surface area (Å²) in [5, 5.41) is 7.06. The van der Waals surface area contributed by atoms with Gasteiger partial charge in [0.25, 0.3) is 0 Å². The fraction of sp³-hybridized carbons (Fsp3) is 0.320. The molecule has 2 heterocycles. The molecule has 1 aliphatic heterocycles. The van der Waals surface area contributed by atoms with Gasteiger partial charge in [0, 0.05) is 52.0 Å². The third kappa shape index (κ3) is 5.23. The van der Waals surface area contributed by atoms with Crippen LogP contribution in [0.3, 0.4) is 0 Å². The van der Waals surface area contributed by atoms with Crippen molar-refractivity contribution in [1.82, 2.24) is 24.9 Å². The molecule has 0 unspecified atom stereocenters. The number of nitrogens with zero attached hydrogens (tertiary/aromatic N) is 4. The summed E-state index contributed by atoms with van der Waals surface area (Å²) in [5.41, 5.74) is 4.43. The normalized spacial score (nSPS) is 16.6. The van der Waals surface area contributed by atoms with Crippen molar-refractivity contribution >= 4 is 11.8 Å². The van der Waals surface area contributed by atoms with Crippen LogP contribution >= 0.6 is 0 Å². The maximum atomic E-state index is 12.9. The van der Waals surface area contributed by atoms with Crippen molar-refractivity contribution in [2.24, 2.45) is 7.05 Å². The van der Waals surface area contributed by atoms with Gasteiger partial charge in [-0.3, -0.25) is 19.2 Å². The van der Waals surface area contributed by atoms with E-state index in [4.69, 9.17) is 0 Å². The molecule has 0 spiro atoms. The van der Waals surface area contributed by atoms with Crippen LogP contribution in [0.2, 0.25) is 0 Å². The SMILES string of the molecule is CN(Cc1cnn(C)c1)C(=O)C[C@@H]1C(=O)NCCN1Cc1ccc(-c2ccccc2)cc1. The second-order valence-corrected chi connectivity index (χ2v) is 8.32. The summed E-state index contributed by atoms with van der Waals surface area (Å²) < 4.78 is 1.72. The van der Waals surface area contributed by atoms with Gasteiger partial charge in [-0.25, -0.2) is 0 Å². The molecule has 0 bridgehead atoms. The number of aryl methyl sites for hydroxylation is 1. The Balaban J connectivity index is 1.41. The highest BCUT2D eigenvalue weighted by Gasteiger charge is 2.32. The van der Waals surface area contributed by atoms with Crippen LogP contribution in [0.5, 0.6) is 0 Å². The van der Waals surface area contributed by atoms with Crippen molar-refractivity contribution in [3.8, 4) is 11.1 Å². The second kappa shape index (κ2) is 9.78. The average molecular weight is 432 g/mol. The maximum Gasteiger partial charge on any atom is 0.237 e. The molecule has 3 aromatic rings. The lowest BCUT2D eigenvalue weighted by atomic mass is 10.0. The van der Waals surface area contributed by atoms with E-state index in [1.165, 1.54) is 5.56 Å². The zero-order valence-electron chi connectivity index (χ0n) is 18.6. The minimum atomic E-state index is -0.471. The Morgan fingerprint density at radius 2 is 1.81 bits per heavy atom. The van der Waals surface area contributed by atoms with Crippen LogP contribution in [0, 0.1) is 0 Å². The highest BCUT2D eigenvalue weighted by Crippen LogP contribution is 2.21. The molecule has 166 valence electrons. The lowest BCUT2D eigenvalue weighted by molar-refractivity contribution is -0.138. The number of carbonyl (C=O) groups is 2. The van der Waals surface area contributed by atoms with E-state index < -0.39 is 6.04 Å². The number of benzene rings is 2. The zero-order valence-corrected chi connectivity index (χ0v) is 18.6. The first-order chi connectivity index (χ1) is 15.5. The van der Waals surface area contributed by atoms with E-state index in [2.05, 4.69) is 51.7 Å². The van der Waals surface area contributed by atoms with Gasteiger partial charge < -0.3 is 10.2 Å². The second-order valence-electron chi connectivity index (χ2n) is 8.32. The summed E-state index contributed by atoms with van der Waals surface area (Å²) in [4.78, 5) is 29.2. The van der Waals surface area contributed by atoms with E-state index in [0.717, 1.165) is 23.2 Å². The summed E-state index contributed by atoms with van der Waals surface area (Å²) >= 11 is 0. The summed E-state index contributed by atoms with van der Waals surface area (Å²) in [6, 6.07) is 18.2. The van der Waals surface area contributed by atoms with Crippen LogP contribution in [0.1, 0.15) is 17.5 Å². The molecule has 32 heavy (non-hydrogen) atoms. The molecule has 1 aliphatic rings. The van der Waals surface area contributed by atoms with Crippen molar-refractivity contribution in [1.29, 1.82) is 0 Å². The van der Waals surface area contributed by atoms with Crippen LogP contribution in [0.15, 0.2) is 67.0 Å². The molecule has 7 heteroatoms. The molecule has 0 aliphatic carbocycles. The Hall–Kier alpha value is -3.45. The predicted molar refractivity (Wildman–Crippen MR) is 123 cm³/mol. The average Bonchev–Trinajstić information content (AvgIpc) is 3.21. The summed E-state index contributed by atoms with van der Waals surface area (Å²) in [6.07, 6.45) is 3.80. The number of amides is 2. The summed E-state index contributed by atoms with van der Waals surface area (Å²) in [6.45, 7) is 2.42. The van der Waals surface area contributed by atoms with Gasteiger partial charge in [0.05, 0.1) is 18.7 Å². The Labute approximate surface area is 188 Å². The van der Waals surface area contributed by atoms with E-state index in [9.17, 15) is 9.59 Å². The number of piperazine rings is 1. The first-order valence-corrected chi connectivity index (χ1v) is 10.9. The largest absolute Gasteiger partial charge is 0.353 e. The first kappa shape index (κ1) is 21.8. The quantitative estimate of drug-likeness (QED) is 0.624. The van der Waals surface area contributed by atoms with Gasteiger partial charge in [0.1, 0.15) is 0 Å². The van der Waals surface area contributed by atoms with Crippen molar-refractivity contribution in [3.63, 3.8) is 0 Å². The molecule has 4 rings (SSSR count). The standard InChI is InChI=1S/C25H29N5O2/c1-28(16-20-15-27-29(2)17-20)24(31)14-23-25(32)26-12-13-30(23)18-19-8-10-22(11-9-19)21-6-4-3-5-7-21/h3-11,15,17,23H,12-14,16,18H2,1-2H3,(H,26,32)/t23-/m1/s1. The van der Waals surface area contributed by atoms with Crippen molar-refractivity contribution in [2.75, 3.05) is 20.1 Å². The number of hydrogen-bond donors (Lipinski definition) is 1. The molecule has 1 fully saturated rings. The Morgan fingerprint density at radius 3 is 2.50 bits per heavy atom. The monoisotopic (exact) mass is 431 g/mol. The van der Waals surface area contributed by atoms with Gasteiger partial charge in [0.2, 0.25) is 11.8 Å². The fourth-order valence-electron chi connectivity index (χ4n) is 4.08. The maximum absolute atomic E-state index is 12.9. The van der Waals surface area contributed by atoms with Gasteiger partial charge in [0.15, 0.2) is 0 Å². The molecule has 2 aromatic carbocycles. The highest BCUT2D eigenvalue weighted by molar-refractivity contribution is 5.88. The van der Waals surface area contributed by atoms with Gasteiger partial charge >= 0.3 is 0 Å². The molecular formula is C25H29N5O2. The fourth-order valence-corrected chi connectivity index (χ4v) is 4.08. The molecule has 7 nitrogen and oxygen atoms in total. The van der Waals surface area contributed by atoms with Gasteiger partial charge in [-0.15, -0.1) is 0 Å². The summed E-state index contributed by atoms with van der Waals surface area (Å²) in [7, 11) is 3.62. The van der Waals surface area contributed by atoms with Crippen LogP contribution < -0.4 is 5.32 Å². The Bertz CT molecular complexity index is 1060. The van der Waals surface area contributed by atoms with E-state index in [1.807, 2.05) is 31.4 Å². The molecular weight excluding hydrogens is 402 g/mol. The van der Waals surface area contributed by atoms with Gasteiger partial charge in [-0.05, 0) is 16.7 Å². The molecule has 1 saturated heterocycles. The molecule has 1 aromatic heterocycles. The third-order valence-corrected chi connectivity index (χ3v) is 5.86. The Kier molecular flexibility index (Phi) is 6.66. The number of carbonyl (C=O) groups excluding carboxylic acids is 2. The first-order valence-electron chi connectivity index (χ1n) is 10.9. The van der Waals surface area contributed by atoms with Crippen LogP contribution in [-0.4, -0.2) is 57.6 Å². The summed E-state index contributed by atoms with van der Waals surface area (Å²) in [5.74, 6) is -0.138. The van der Waals surface area contributed by atoms with Crippen molar-refractivity contribution < 1.29 is 9.59 Å². The van der Waals surface area contributed by atoms with Crippen molar-refractivity contribution in [3.05, 3.63) is 78.1 Å². The van der Waals surface area contributed by atoms with Gasteiger partial charge in [-0.2, -0.15) is 5.10 Å². The van der Waals surface area contributed by atoms with E-state index in [1.54, 1.807) is 22.8 Å². The van der Waals surface area contributed by atoms with E-state index in [0.29, 0.717) is 19.6 Å². The number of aromatic nitrogens is 2. The number of hydrogen-bond acceptors (Lipinski definition) is 4.